The molecule has 0 amide bonds. The lowest BCUT2D eigenvalue weighted by Crippen LogP contribution is -2.41. The highest BCUT2D eigenvalue weighted by molar-refractivity contribution is 4.84. The van der Waals surface area contributed by atoms with Gasteiger partial charge in [-0.15, -0.1) is 0 Å². The molecule has 2 unspecified atom stereocenters. The highest BCUT2D eigenvalue weighted by Crippen LogP contribution is 2.35. The molecule has 11 heavy (non-hydrogen) atoms. The standard InChI is InChI=1S/C8H15NO2/c9-3-7-4-10-5-8(11-7)6-1-2-6/h6-8H,1-5,9H2. The molecule has 1 aliphatic carbocycles. The SMILES string of the molecule is NCC1COCC(C2CC2)O1. The average molecular weight is 157 g/mol. The van der Waals surface area contributed by atoms with E-state index in [4.69, 9.17) is 15.2 Å². The number of rotatable bonds is 2. The van der Waals surface area contributed by atoms with E-state index in [1.165, 1.54) is 12.8 Å². The highest BCUT2D eigenvalue weighted by atomic mass is 16.6. The van der Waals surface area contributed by atoms with E-state index in [2.05, 4.69) is 0 Å². The molecular weight excluding hydrogens is 142 g/mol. The number of hydrogen-bond donors (Lipinski definition) is 1. The van der Waals surface area contributed by atoms with Gasteiger partial charge in [0.05, 0.1) is 25.4 Å². The Morgan fingerprint density at radius 1 is 1.27 bits per heavy atom. The first-order chi connectivity index (χ1) is 5.40. The van der Waals surface area contributed by atoms with Crippen LogP contribution in [0, 0.1) is 5.92 Å². The smallest absolute Gasteiger partial charge is 0.0935 e. The lowest BCUT2D eigenvalue weighted by molar-refractivity contribution is -0.140. The summed E-state index contributed by atoms with van der Waals surface area (Å²) in [4.78, 5) is 0. The zero-order valence-electron chi connectivity index (χ0n) is 6.66. The highest BCUT2D eigenvalue weighted by Gasteiger charge is 2.35. The van der Waals surface area contributed by atoms with Crippen molar-refractivity contribution in [1.29, 1.82) is 0 Å². The van der Waals surface area contributed by atoms with Crippen LogP contribution in [-0.2, 0) is 9.47 Å². The van der Waals surface area contributed by atoms with E-state index in [-0.39, 0.29) is 6.10 Å². The van der Waals surface area contributed by atoms with Crippen LogP contribution in [-0.4, -0.2) is 32.0 Å². The monoisotopic (exact) mass is 157 g/mol. The van der Waals surface area contributed by atoms with Crippen molar-refractivity contribution in [2.75, 3.05) is 19.8 Å². The van der Waals surface area contributed by atoms with Gasteiger partial charge >= 0.3 is 0 Å². The Bertz CT molecular complexity index is 136. The van der Waals surface area contributed by atoms with Crippen LogP contribution in [0.4, 0.5) is 0 Å². The first-order valence-corrected chi connectivity index (χ1v) is 4.33. The summed E-state index contributed by atoms with van der Waals surface area (Å²) in [5, 5.41) is 0. The minimum atomic E-state index is 0.148. The van der Waals surface area contributed by atoms with Crippen LogP contribution in [0.5, 0.6) is 0 Å². The van der Waals surface area contributed by atoms with Crippen molar-refractivity contribution < 1.29 is 9.47 Å². The average Bonchev–Trinajstić information content (AvgIpc) is 2.87. The van der Waals surface area contributed by atoms with Crippen LogP contribution in [0.3, 0.4) is 0 Å². The maximum Gasteiger partial charge on any atom is 0.0935 e. The minimum Gasteiger partial charge on any atom is -0.376 e. The van der Waals surface area contributed by atoms with E-state index in [9.17, 15) is 0 Å². The summed E-state index contributed by atoms with van der Waals surface area (Å²) < 4.78 is 11.1. The summed E-state index contributed by atoms with van der Waals surface area (Å²) in [6, 6.07) is 0. The zero-order valence-corrected chi connectivity index (χ0v) is 6.66. The Morgan fingerprint density at radius 3 is 2.73 bits per heavy atom. The minimum absolute atomic E-state index is 0.148. The van der Waals surface area contributed by atoms with Crippen LogP contribution >= 0.6 is 0 Å². The van der Waals surface area contributed by atoms with E-state index < -0.39 is 0 Å². The van der Waals surface area contributed by atoms with Crippen molar-refractivity contribution >= 4 is 0 Å². The summed E-state index contributed by atoms with van der Waals surface area (Å²) in [5.74, 6) is 0.768. The van der Waals surface area contributed by atoms with Gasteiger partial charge < -0.3 is 15.2 Å². The van der Waals surface area contributed by atoms with Crippen molar-refractivity contribution in [1.82, 2.24) is 0 Å². The van der Waals surface area contributed by atoms with Gasteiger partial charge in [-0.3, -0.25) is 0 Å². The van der Waals surface area contributed by atoms with Gasteiger partial charge in [-0.25, -0.2) is 0 Å². The van der Waals surface area contributed by atoms with Crippen molar-refractivity contribution in [2.24, 2.45) is 11.7 Å². The summed E-state index contributed by atoms with van der Waals surface area (Å²) in [6.45, 7) is 2.05. The van der Waals surface area contributed by atoms with Crippen LogP contribution in [0.1, 0.15) is 12.8 Å². The third-order valence-corrected chi connectivity index (χ3v) is 2.36. The topological polar surface area (TPSA) is 44.5 Å². The van der Waals surface area contributed by atoms with Gasteiger partial charge in [-0.1, -0.05) is 0 Å². The van der Waals surface area contributed by atoms with Crippen molar-refractivity contribution in [3.05, 3.63) is 0 Å². The number of hydrogen-bond acceptors (Lipinski definition) is 3. The molecule has 2 atom stereocenters. The first kappa shape index (κ1) is 7.53. The van der Waals surface area contributed by atoms with Crippen molar-refractivity contribution in [3.63, 3.8) is 0 Å². The molecule has 0 aromatic carbocycles. The lowest BCUT2D eigenvalue weighted by atomic mass is 10.2. The van der Waals surface area contributed by atoms with Crippen LogP contribution in [0.2, 0.25) is 0 Å². The normalized spacial score (nSPS) is 39.0. The van der Waals surface area contributed by atoms with Crippen molar-refractivity contribution in [3.8, 4) is 0 Å². The Hall–Kier alpha value is -0.120. The molecular formula is C8H15NO2. The fourth-order valence-electron chi connectivity index (χ4n) is 1.48. The van der Waals surface area contributed by atoms with Gasteiger partial charge in [0.15, 0.2) is 0 Å². The first-order valence-electron chi connectivity index (χ1n) is 4.33. The maximum absolute atomic E-state index is 5.71. The third-order valence-electron chi connectivity index (χ3n) is 2.36. The Kier molecular flexibility index (Phi) is 2.11. The lowest BCUT2D eigenvalue weighted by Gasteiger charge is -2.29. The molecule has 3 nitrogen and oxygen atoms in total. The predicted octanol–water partition coefficient (Wildman–Crippen LogP) is 0.139. The molecule has 2 fully saturated rings. The molecule has 0 aromatic heterocycles. The second-order valence-electron chi connectivity index (χ2n) is 3.41. The predicted molar refractivity (Wildman–Crippen MR) is 41.3 cm³/mol. The molecule has 0 bridgehead atoms. The van der Waals surface area contributed by atoms with E-state index in [1.54, 1.807) is 0 Å². The second kappa shape index (κ2) is 3.09. The molecule has 0 radical (unpaired) electrons. The quantitative estimate of drug-likeness (QED) is 0.620. The summed E-state index contributed by atoms with van der Waals surface area (Å²) in [7, 11) is 0. The van der Waals surface area contributed by atoms with Crippen LogP contribution in [0.25, 0.3) is 0 Å². The summed E-state index contributed by atoms with van der Waals surface area (Å²) >= 11 is 0. The summed E-state index contributed by atoms with van der Waals surface area (Å²) in [5.41, 5.74) is 5.48. The van der Waals surface area contributed by atoms with E-state index in [1.807, 2.05) is 0 Å². The van der Waals surface area contributed by atoms with E-state index in [0.29, 0.717) is 19.3 Å². The molecule has 3 heteroatoms. The Balaban J connectivity index is 1.82. The summed E-state index contributed by atoms with van der Waals surface area (Å²) in [6.07, 6.45) is 3.11. The van der Waals surface area contributed by atoms with Crippen LogP contribution < -0.4 is 5.73 Å². The largest absolute Gasteiger partial charge is 0.376 e. The number of nitrogens with two attached hydrogens (primary N) is 1. The van der Waals surface area contributed by atoms with Crippen molar-refractivity contribution in [2.45, 2.75) is 25.0 Å². The van der Waals surface area contributed by atoms with E-state index >= 15 is 0 Å². The molecule has 2 rings (SSSR count). The molecule has 2 aliphatic rings. The van der Waals surface area contributed by atoms with Gasteiger partial charge in [-0.05, 0) is 18.8 Å². The fraction of sp³-hybridized carbons (Fsp3) is 1.00. The van der Waals surface area contributed by atoms with Gasteiger partial charge in [0.1, 0.15) is 0 Å². The van der Waals surface area contributed by atoms with Crippen LogP contribution in [0.15, 0.2) is 0 Å². The molecule has 0 spiro atoms. The molecule has 2 N–H and O–H groups in total. The Morgan fingerprint density at radius 2 is 2.09 bits per heavy atom. The molecule has 1 saturated heterocycles. The molecule has 64 valence electrons. The molecule has 1 saturated carbocycles. The van der Waals surface area contributed by atoms with Gasteiger partial charge in [0, 0.05) is 6.54 Å². The number of ether oxygens (including phenoxy) is 2. The fourth-order valence-corrected chi connectivity index (χ4v) is 1.48. The van der Waals surface area contributed by atoms with Gasteiger partial charge in [-0.2, -0.15) is 0 Å². The van der Waals surface area contributed by atoms with E-state index in [0.717, 1.165) is 12.5 Å². The van der Waals surface area contributed by atoms with Gasteiger partial charge in [0.2, 0.25) is 0 Å². The zero-order chi connectivity index (χ0) is 7.68. The maximum atomic E-state index is 5.71. The molecule has 1 aliphatic heterocycles. The molecule has 0 aromatic rings. The molecule has 1 heterocycles. The van der Waals surface area contributed by atoms with Gasteiger partial charge in [0.25, 0.3) is 0 Å². The third kappa shape index (κ3) is 1.72. The second-order valence-corrected chi connectivity index (χ2v) is 3.41. The Labute approximate surface area is 66.8 Å².